The van der Waals surface area contributed by atoms with Crippen LogP contribution in [0.4, 0.5) is 0 Å². The van der Waals surface area contributed by atoms with Crippen LogP contribution >= 0.6 is 0 Å². The molecule has 90 valence electrons. The quantitative estimate of drug-likeness (QED) is 0.670. The summed E-state index contributed by atoms with van der Waals surface area (Å²) in [6, 6.07) is 13.2. The van der Waals surface area contributed by atoms with E-state index in [1.54, 1.807) is 0 Å². The second kappa shape index (κ2) is 4.13. The highest BCUT2D eigenvalue weighted by molar-refractivity contribution is 5.89. The number of allylic oxidation sites excluding steroid dienone is 1. The minimum absolute atomic E-state index is 1.07. The smallest absolute Gasteiger partial charge is 0.00136 e. The lowest BCUT2D eigenvalue weighted by Gasteiger charge is -2.12. The van der Waals surface area contributed by atoms with Crippen molar-refractivity contribution < 1.29 is 0 Å². The second-order valence-electron chi connectivity index (χ2n) is 5.23. The molecule has 0 heteroatoms. The third kappa shape index (κ3) is 1.69. The van der Waals surface area contributed by atoms with Crippen LogP contribution in [0.25, 0.3) is 11.6 Å². The van der Waals surface area contributed by atoms with Gasteiger partial charge in [-0.2, -0.15) is 0 Å². The molecule has 0 saturated heterocycles. The Kier molecular flexibility index (Phi) is 2.59. The fraction of sp³-hybridized carbons (Fsp3) is 0.222. The predicted octanol–water partition coefficient (Wildman–Crippen LogP) is 4.71. The van der Waals surface area contributed by atoms with E-state index >= 15 is 0 Å². The van der Waals surface area contributed by atoms with Gasteiger partial charge in [0.05, 0.1) is 0 Å². The molecule has 0 unspecified atom stereocenters. The van der Waals surface area contributed by atoms with Gasteiger partial charge >= 0.3 is 0 Å². The van der Waals surface area contributed by atoms with Gasteiger partial charge in [0.15, 0.2) is 0 Å². The molecule has 0 radical (unpaired) electrons. The maximum atomic E-state index is 2.34. The van der Waals surface area contributed by atoms with Crippen LogP contribution in [0.3, 0.4) is 0 Å². The van der Waals surface area contributed by atoms with Gasteiger partial charge in [0.1, 0.15) is 0 Å². The molecule has 0 amide bonds. The topological polar surface area (TPSA) is 0 Å². The van der Waals surface area contributed by atoms with E-state index in [2.05, 4.69) is 63.2 Å². The minimum Gasteiger partial charge on any atom is -0.0619 e. The zero-order valence-electron chi connectivity index (χ0n) is 11.2. The van der Waals surface area contributed by atoms with Crippen LogP contribution in [-0.4, -0.2) is 0 Å². The molecule has 3 rings (SSSR count). The summed E-state index contributed by atoms with van der Waals surface area (Å²) < 4.78 is 0. The standard InChI is InChI=1S/C18H18/c1-12-8-9-18(14(3)13(12)2)17-10-15-6-4-5-7-16(15)11-17/h4-10H,11H2,1-3H3. The van der Waals surface area contributed by atoms with Crippen molar-refractivity contribution in [2.24, 2.45) is 0 Å². The lowest BCUT2D eigenvalue weighted by molar-refractivity contribution is 1.23. The van der Waals surface area contributed by atoms with Gasteiger partial charge in [0, 0.05) is 0 Å². The first kappa shape index (κ1) is 11.3. The summed E-state index contributed by atoms with van der Waals surface area (Å²) in [6.45, 7) is 6.64. The first-order valence-corrected chi connectivity index (χ1v) is 6.52. The Labute approximate surface area is 109 Å². The van der Waals surface area contributed by atoms with Gasteiger partial charge in [-0.25, -0.2) is 0 Å². The number of hydrogen-bond donors (Lipinski definition) is 0. The van der Waals surface area contributed by atoms with E-state index in [-0.39, 0.29) is 0 Å². The third-order valence-corrected chi connectivity index (χ3v) is 4.17. The number of fused-ring (bicyclic) bond motifs is 1. The van der Waals surface area contributed by atoms with E-state index in [4.69, 9.17) is 0 Å². The molecular formula is C18H18. The molecule has 0 aromatic heterocycles. The molecule has 0 heterocycles. The van der Waals surface area contributed by atoms with Gasteiger partial charge in [0.2, 0.25) is 0 Å². The fourth-order valence-electron chi connectivity index (χ4n) is 2.76. The van der Waals surface area contributed by atoms with Crippen molar-refractivity contribution >= 4 is 11.6 Å². The molecule has 18 heavy (non-hydrogen) atoms. The Morgan fingerprint density at radius 1 is 0.833 bits per heavy atom. The largest absolute Gasteiger partial charge is 0.0619 e. The van der Waals surface area contributed by atoms with Gasteiger partial charge in [-0.15, -0.1) is 0 Å². The number of aryl methyl sites for hydroxylation is 1. The lowest BCUT2D eigenvalue weighted by Crippen LogP contribution is -1.94. The van der Waals surface area contributed by atoms with E-state index in [9.17, 15) is 0 Å². The Bertz CT molecular complexity index is 645. The van der Waals surface area contributed by atoms with Gasteiger partial charge in [0.25, 0.3) is 0 Å². The van der Waals surface area contributed by atoms with Crippen molar-refractivity contribution in [2.45, 2.75) is 27.2 Å². The minimum atomic E-state index is 1.07. The van der Waals surface area contributed by atoms with Gasteiger partial charge in [-0.1, -0.05) is 42.5 Å². The van der Waals surface area contributed by atoms with E-state index in [0.29, 0.717) is 0 Å². The first-order chi connectivity index (χ1) is 8.66. The average molecular weight is 234 g/mol. The Morgan fingerprint density at radius 3 is 2.39 bits per heavy atom. The predicted molar refractivity (Wildman–Crippen MR) is 78.7 cm³/mol. The first-order valence-electron chi connectivity index (χ1n) is 6.52. The van der Waals surface area contributed by atoms with E-state index in [1.807, 2.05) is 0 Å². The van der Waals surface area contributed by atoms with Crippen LogP contribution in [0.2, 0.25) is 0 Å². The molecule has 0 aliphatic heterocycles. The molecule has 0 bridgehead atoms. The summed E-state index contributed by atoms with van der Waals surface area (Å²) in [5.74, 6) is 0. The third-order valence-electron chi connectivity index (χ3n) is 4.17. The monoisotopic (exact) mass is 234 g/mol. The van der Waals surface area contributed by atoms with Crippen LogP contribution in [0.1, 0.15) is 33.4 Å². The molecule has 0 saturated carbocycles. The molecule has 1 aliphatic rings. The van der Waals surface area contributed by atoms with E-state index < -0.39 is 0 Å². The van der Waals surface area contributed by atoms with Crippen LogP contribution in [-0.2, 0) is 6.42 Å². The van der Waals surface area contributed by atoms with E-state index in [1.165, 1.54) is 39.0 Å². The highest BCUT2D eigenvalue weighted by Crippen LogP contribution is 2.34. The fourth-order valence-corrected chi connectivity index (χ4v) is 2.76. The molecule has 0 nitrogen and oxygen atoms in total. The summed E-state index contributed by atoms with van der Waals surface area (Å²) in [5.41, 5.74) is 9.92. The van der Waals surface area contributed by atoms with Gasteiger partial charge in [-0.05, 0) is 66.1 Å². The van der Waals surface area contributed by atoms with Crippen molar-refractivity contribution in [2.75, 3.05) is 0 Å². The van der Waals surface area contributed by atoms with Crippen molar-refractivity contribution in [3.63, 3.8) is 0 Å². The molecule has 0 spiro atoms. The van der Waals surface area contributed by atoms with Gasteiger partial charge in [-0.3, -0.25) is 0 Å². The van der Waals surface area contributed by atoms with Crippen molar-refractivity contribution in [3.05, 3.63) is 69.8 Å². The van der Waals surface area contributed by atoms with Crippen LogP contribution < -0.4 is 0 Å². The highest BCUT2D eigenvalue weighted by atomic mass is 14.2. The van der Waals surface area contributed by atoms with Crippen molar-refractivity contribution in [1.82, 2.24) is 0 Å². The second-order valence-corrected chi connectivity index (χ2v) is 5.23. The Balaban J connectivity index is 2.07. The van der Waals surface area contributed by atoms with Crippen LogP contribution in [0, 0.1) is 20.8 Å². The molecule has 1 aliphatic carbocycles. The molecule has 2 aromatic carbocycles. The molecule has 0 N–H and O–H groups in total. The SMILES string of the molecule is Cc1ccc(C2=Cc3ccccc3C2)c(C)c1C. The highest BCUT2D eigenvalue weighted by Gasteiger charge is 2.15. The van der Waals surface area contributed by atoms with Crippen molar-refractivity contribution in [3.8, 4) is 0 Å². The zero-order chi connectivity index (χ0) is 12.7. The number of hydrogen-bond acceptors (Lipinski definition) is 0. The molecule has 2 aromatic rings. The number of benzene rings is 2. The van der Waals surface area contributed by atoms with Gasteiger partial charge < -0.3 is 0 Å². The summed E-state index contributed by atoms with van der Waals surface area (Å²) in [4.78, 5) is 0. The summed E-state index contributed by atoms with van der Waals surface area (Å²) in [5, 5.41) is 0. The maximum Gasteiger partial charge on any atom is -0.00136 e. The molecule has 0 atom stereocenters. The average Bonchev–Trinajstić information content (AvgIpc) is 2.79. The van der Waals surface area contributed by atoms with E-state index in [0.717, 1.165) is 6.42 Å². The summed E-state index contributed by atoms with van der Waals surface area (Å²) >= 11 is 0. The normalized spacial score (nSPS) is 13.4. The Hall–Kier alpha value is -1.82. The van der Waals surface area contributed by atoms with Crippen molar-refractivity contribution in [1.29, 1.82) is 0 Å². The Morgan fingerprint density at radius 2 is 1.61 bits per heavy atom. The van der Waals surface area contributed by atoms with Crippen LogP contribution in [0.5, 0.6) is 0 Å². The van der Waals surface area contributed by atoms with Crippen LogP contribution in [0.15, 0.2) is 36.4 Å². The lowest BCUT2D eigenvalue weighted by atomic mass is 9.93. The number of rotatable bonds is 1. The summed E-state index contributed by atoms with van der Waals surface area (Å²) in [7, 11) is 0. The maximum absolute atomic E-state index is 2.34. The molecule has 0 fully saturated rings. The summed E-state index contributed by atoms with van der Waals surface area (Å²) in [6.07, 6.45) is 3.41. The zero-order valence-corrected chi connectivity index (χ0v) is 11.2. The molecular weight excluding hydrogens is 216 g/mol.